The monoisotopic (exact) mass is 190 g/mol. The van der Waals surface area contributed by atoms with Crippen LogP contribution in [0.15, 0.2) is 0 Å². The van der Waals surface area contributed by atoms with E-state index < -0.39 is 18.0 Å². The summed E-state index contributed by atoms with van der Waals surface area (Å²) in [7, 11) is 1.20. The molecule has 0 aliphatic heterocycles. The van der Waals surface area contributed by atoms with Gasteiger partial charge >= 0.3 is 11.9 Å². The molecule has 0 unspecified atom stereocenters. The van der Waals surface area contributed by atoms with Gasteiger partial charge in [0, 0.05) is 6.54 Å². The molecule has 0 fully saturated rings. The van der Waals surface area contributed by atoms with Crippen molar-refractivity contribution in [1.29, 1.82) is 0 Å². The van der Waals surface area contributed by atoms with Crippen molar-refractivity contribution in [2.75, 3.05) is 20.3 Å². The SMILES string of the molecule is COC(=O)[C@H](N)CC(=O)OCCN. The molecule has 0 aliphatic rings. The smallest absolute Gasteiger partial charge is 0.323 e. The average Bonchev–Trinajstić information content (AvgIpc) is 2.13. The molecule has 0 heterocycles. The third-order valence-corrected chi connectivity index (χ3v) is 1.27. The van der Waals surface area contributed by atoms with Crippen LogP contribution >= 0.6 is 0 Å². The quantitative estimate of drug-likeness (QED) is 0.505. The summed E-state index contributed by atoms with van der Waals surface area (Å²) in [5, 5.41) is 0. The first-order valence-electron chi connectivity index (χ1n) is 3.81. The van der Waals surface area contributed by atoms with Crippen LogP contribution in [0.3, 0.4) is 0 Å². The normalized spacial score (nSPS) is 11.9. The van der Waals surface area contributed by atoms with Crippen molar-refractivity contribution in [1.82, 2.24) is 0 Å². The van der Waals surface area contributed by atoms with Crippen molar-refractivity contribution < 1.29 is 19.1 Å². The Kier molecular flexibility index (Phi) is 5.82. The molecule has 6 nitrogen and oxygen atoms in total. The zero-order chi connectivity index (χ0) is 10.3. The maximum Gasteiger partial charge on any atom is 0.323 e. The molecule has 13 heavy (non-hydrogen) atoms. The number of hydrogen-bond acceptors (Lipinski definition) is 6. The van der Waals surface area contributed by atoms with Crippen LogP contribution in [0, 0.1) is 0 Å². The third-order valence-electron chi connectivity index (χ3n) is 1.27. The van der Waals surface area contributed by atoms with Gasteiger partial charge in [0.05, 0.1) is 13.5 Å². The lowest BCUT2D eigenvalue weighted by Crippen LogP contribution is -2.34. The molecule has 0 saturated carbocycles. The number of hydrogen-bond donors (Lipinski definition) is 2. The first-order chi connectivity index (χ1) is 6.11. The summed E-state index contributed by atoms with van der Waals surface area (Å²) >= 11 is 0. The van der Waals surface area contributed by atoms with Gasteiger partial charge < -0.3 is 20.9 Å². The van der Waals surface area contributed by atoms with Gasteiger partial charge in [-0.2, -0.15) is 0 Å². The van der Waals surface area contributed by atoms with E-state index in [9.17, 15) is 9.59 Å². The van der Waals surface area contributed by atoms with Gasteiger partial charge in [0.1, 0.15) is 12.6 Å². The molecule has 6 heteroatoms. The topological polar surface area (TPSA) is 105 Å². The molecule has 0 aromatic heterocycles. The highest BCUT2D eigenvalue weighted by Crippen LogP contribution is 1.93. The van der Waals surface area contributed by atoms with Gasteiger partial charge in [-0.15, -0.1) is 0 Å². The van der Waals surface area contributed by atoms with Crippen molar-refractivity contribution in [3.8, 4) is 0 Å². The number of ether oxygens (including phenoxy) is 2. The molecular weight excluding hydrogens is 176 g/mol. The molecule has 0 aliphatic carbocycles. The lowest BCUT2D eigenvalue weighted by atomic mass is 10.2. The van der Waals surface area contributed by atoms with Crippen molar-refractivity contribution in [2.24, 2.45) is 11.5 Å². The highest BCUT2D eigenvalue weighted by atomic mass is 16.5. The lowest BCUT2D eigenvalue weighted by Gasteiger charge is -2.08. The van der Waals surface area contributed by atoms with Crippen LogP contribution in [-0.2, 0) is 19.1 Å². The fourth-order valence-electron chi connectivity index (χ4n) is 0.646. The summed E-state index contributed by atoms with van der Waals surface area (Å²) in [4.78, 5) is 21.6. The second kappa shape index (κ2) is 6.38. The number of carbonyl (C=O) groups is 2. The molecular formula is C7H14N2O4. The van der Waals surface area contributed by atoms with Crippen molar-refractivity contribution in [3.63, 3.8) is 0 Å². The Balaban J connectivity index is 3.71. The maximum absolute atomic E-state index is 10.9. The molecule has 0 spiro atoms. The zero-order valence-corrected chi connectivity index (χ0v) is 7.49. The van der Waals surface area contributed by atoms with E-state index in [2.05, 4.69) is 9.47 Å². The molecule has 0 bridgehead atoms. The second-order valence-electron chi connectivity index (χ2n) is 2.34. The number of carbonyl (C=O) groups excluding carboxylic acids is 2. The van der Waals surface area contributed by atoms with Crippen LogP contribution in [0.5, 0.6) is 0 Å². The lowest BCUT2D eigenvalue weighted by molar-refractivity contribution is -0.150. The van der Waals surface area contributed by atoms with Crippen LogP contribution in [-0.4, -0.2) is 38.2 Å². The Labute approximate surface area is 76.2 Å². The van der Waals surface area contributed by atoms with Crippen LogP contribution in [0.1, 0.15) is 6.42 Å². The minimum Gasteiger partial charge on any atom is -0.468 e. The summed E-state index contributed by atoms with van der Waals surface area (Å²) in [6.45, 7) is 0.381. The van der Waals surface area contributed by atoms with E-state index in [0.29, 0.717) is 0 Å². The Morgan fingerprint density at radius 1 is 1.46 bits per heavy atom. The van der Waals surface area contributed by atoms with Gasteiger partial charge in [0.15, 0.2) is 0 Å². The Bertz CT molecular complexity index is 183. The van der Waals surface area contributed by atoms with E-state index in [-0.39, 0.29) is 19.6 Å². The molecule has 0 aromatic carbocycles. The minimum atomic E-state index is -0.963. The molecule has 0 saturated heterocycles. The van der Waals surface area contributed by atoms with Crippen molar-refractivity contribution in [3.05, 3.63) is 0 Å². The van der Waals surface area contributed by atoms with E-state index in [4.69, 9.17) is 11.5 Å². The largest absolute Gasteiger partial charge is 0.468 e. The van der Waals surface area contributed by atoms with Gasteiger partial charge in [-0.3, -0.25) is 9.59 Å². The minimum absolute atomic E-state index is 0.132. The second-order valence-corrected chi connectivity index (χ2v) is 2.34. The molecule has 0 amide bonds. The highest BCUT2D eigenvalue weighted by Gasteiger charge is 2.18. The Morgan fingerprint density at radius 3 is 2.54 bits per heavy atom. The standard InChI is InChI=1S/C7H14N2O4/c1-12-7(11)5(9)4-6(10)13-3-2-8/h5H,2-4,8-9H2,1H3/t5-/m1/s1. The number of esters is 2. The van der Waals surface area contributed by atoms with Gasteiger partial charge in [-0.25, -0.2) is 0 Å². The van der Waals surface area contributed by atoms with Crippen molar-refractivity contribution in [2.45, 2.75) is 12.5 Å². The van der Waals surface area contributed by atoms with Crippen LogP contribution in [0.4, 0.5) is 0 Å². The van der Waals surface area contributed by atoms with Gasteiger partial charge in [0.2, 0.25) is 0 Å². The molecule has 0 radical (unpaired) electrons. The summed E-state index contributed by atoms with van der Waals surface area (Å²) in [6.07, 6.45) is -0.188. The molecule has 1 atom stereocenters. The van der Waals surface area contributed by atoms with E-state index in [1.165, 1.54) is 7.11 Å². The molecule has 0 rings (SSSR count). The fourth-order valence-corrected chi connectivity index (χ4v) is 0.646. The van der Waals surface area contributed by atoms with Crippen LogP contribution < -0.4 is 11.5 Å². The van der Waals surface area contributed by atoms with Crippen LogP contribution in [0.25, 0.3) is 0 Å². The molecule has 0 aromatic rings. The first kappa shape index (κ1) is 11.9. The number of rotatable bonds is 5. The summed E-state index contributed by atoms with van der Waals surface area (Å²) in [6, 6.07) is -0.963. The number of nitrogens with two attached hydrogens (primary N) is 2. The van der Waals surface area contributed by atoms with Gasteiger partial charge in [0.25, 0.3) is 0 Å². The fraction of sp³-hybridized carbons (Fsp3) is 0.714. The molecule has 76 valence electrons. The summed E-state index contributed by atoms with van der Waals surface area (Å²) in [5.74, 6) is -1.19. The predicted molar refractivity (Wildman–Crippen MR) is 44.6 cm³/mol. The molecule has 4 N–H and O–H groups in total. The predicted octanol–water partition coefficient (Wildman–Crippen LogP) is -1.62. The van der Waals surface area contributed by atoms with E-state index in [0.717, 1.165) is 0 Å². The van der Waals surface area contributed by atoms with Crippen molar-refractivity contribution >= 4 is 11.9 Å². The first-order valence-corrected chi connectivity index (χ1v) is 3.81. The summed E-state index contributed by atoms with van der Waals surface area (Å²) in [5.41, 5.74) is 10.4. The van der Waals surface area contributed by atoms with E-state index >= 15 is 0 Å². The van der Waals surface area contributed by atoms with E-state index in [1.807, 2.05) is 0 Å². The number of methoxy groups -OCH3 is 1. The Morgan fingerprint density at radius 2 is 2.08 bits per heavy atom. The Hall–Kier alpha value is -1.14. The highest BCUT2D eigenvalue weighted by molar-refractivity contribution is 5.82. The van der Waals surface area contributed by atoms with Gasteiger partial charge in [-0.1, -0.05) is 0 Å². The average molecular weight is 190 g/mol. The van der Waals surface area contributed by atoms with Crippen LogP contribution in [0.2, 0.25) is 0 Å². The van der Waals surface area contributed by atoms with Gasteiger partial charge in [-0.05, 0) is 0 Å². The third kappa shape index (κ3) is 5.15. The maximum atomic E-state index is 10.9. The zero-order valence-electron chi connectivity index (χ0n) is 7.49. The summed E-state index contributed by atoms with van der Waals surface area (Å²) < 4.78 is 8.93. The van der Waals surface area contributed by atoms with E-state index in [1.54, 1.807) is 0 Å².